The lowest BCUT2D eigenvalue weighted by molar-refractivity contribution is -0.121. The van der Waals surface area contributed by atoms with E-state index >= 15 is 0 Å². The third-order valence-electron chi connectivity index (χ3n) is 6.12. The van der Waals surface area contributed by atoms with Crippen LogP contribution in [0.15, 0.2) is 71.6 Å². The Balaban J connectivity index is 0.00000420. The van der Waals surface area contributed by atoms with Crippen LogP contribution in [0.4, 0.5) is 5.69 Å². The Morgan fingerprint density at radius 3 is 2.28 bits per heavy atom. The van der Waals surface area contributed by atoms with Crippen LogP contribution in [0.2, 0.25) is 10.0 Å². The lowest BCUT2D eigenvalue weighted by atomic mass is 9.89. The highest BCUT2D eigenvalue weighted by atomic mass is 35.5. The first-order valence-electron chi connectivity index (χ1n) is 11.8. The van der Waals surface area contributed by atoms with Gasteiger partial charge in [0.2, 0.25) is 5.91 Å². The van der Waals surface area contributed by atoms with E-state index in [1.807, 2.05) is 0 Å². The standard InChI is InChI=1S/C26H26Cl2N4O5S.ClH/c27-18-7-10-22(20(28)15-18)37-23-4-2-1-3-21(23)32-38(35,36)19-8-5-17(6-9-19)26(34)31-24(25(29)33)16-11-13-30-14-12-16;/h1-10,15-16,24,30,32H,11-14H2,(H2,29,33)(H,31,34);1H. The molecule has 1 unspecified atom stereocenters. The minimum absolute atomic E-state index is 0. The Kier molecular flexibility index (Phi) is 10.5. The van der Waals surface area contributed by atoms with Crippen molar-refractivity contribution in [3.05, 3.63) is 82.3 Å². The zero-order valence-electron chi connectivity index (χ0n) is 20.5. The quantitative estimate of drug-likeness (QED) is 0.278. The van der Waals surface area contributed by atoms with E-state index in [-0.39, 0.29) is 45.2 Å². The Morgan fingerprint density at radius 1 is 0.974 bits per heavy atom. The lowest BCUT2D eigenvalue weighted by Gasteiger charge is -2.29. The fourth-order valence-corrected chi connectivity index (χ4v) is 5.65. The van der Waals surface area contributed by atoms with Crippen LogP contribution in [-0.2, 0) is 14.8 Å². The van der Waals surface area contributed by atoms with Crippen molar-refractivity contribution in [2.24, 2.45) is 11.7 Å². The van der Waals surface area contributed by atoms with Crippen molar-refractivity contribution >= 4 is 63.1 Å². The Hall–Kier alpha value is -3.02. The number of ether oxygens (including phenoxy) is 1. The molecule has 9 nitrogen and oxygen atoms in total. The number of carbonyl (C=O) groups is 2. The van der Waals surface area contributed by atoms with Gasteiger partial charge in [-0.1, -0.05) is 35.3 Å². The number of hydrogen-bond donors (Lipinski definition) is 4. The summed E-state index contributed by atoms with van der Waals surface area (Å²) in [6.07, 6.45) is 1.43. The number of nitrogens with two attached hydrogens (primary N) is 1. The molecule has 0 saturated carbocycles. The fourth-order valence-electron chi connectivity index (χ4n) is 4.13. The van der Waals surface area contributed by atoms with Crippen LogP contribution in [0.5, 0.6) is 11.5 Å². The van der Waals surface area contributed by atoms with Crippen LogP contribution in [0.1, 0.15) is 23.2 Å². The summed E-state index contributed by atoms with van der Waals surface area (Å²) in [6.45, 7) is 1.48. The summed E-state index contributed by atoms with van der Waals surface area (Å²) >= 11 is 12.1. The number of halogens is 3. The van der Waals surface area contributed by atoms with E-state index in [1.54, 1.807) is 36.4 Å². The molecule has 3 aromatic carbocycles. The molecule has 13 heteroatoms. The predicted molar refractivity (Wildman–Crippen MR) is 154 cm³/mol. The molecular formula is C26H27Cl3N4O5S. The Bertz CT molecular complexity index is 1430. The molecule has 1 atom stereocenters. The van der Waals surface area contributed by atoms with Crippen LogP contribution < -0.4 is 25.8 Å². The first-order valence-corrected chi connectivity index (χ1v) is 14.0. The van der Waals surface area contributed by atoms with Gasteiger partial charge >= 0.3 is 0 Å². The number of amides is 2. The smallest absolute Gasteiger partial charge is 0.262 e. The molecule has 4 rings (SSSR count). The van der Waals surface area contributed by atoms with Gasteiger partial charge < -0.3 is 21.1 Å². The van der Waals surface area contributed by atoms with Gasteiger partial charge in [0.25, 0.3) is 15.9 Å². The highest BCUT2D eigenvalue weighted by molar-refractivity contribution is 7.92. The predicted octanol–water partition coefficient (Wildman–Crippen LogP) is 4.59. The molecule has 5 N–H and O–H groups in total. The molecule has 1 fully saturated rings. The van der Waals surface area contributed by atoms with Crippen LogP contribution in [0.3, 0.4) is 0 Å². The zero-order chi connectivity index (χ0) is 27.3. The second kappa shape index (κ2) is 13.4. The van der Waals surface area contributed by atoms with Gasteiger partial charge in [-0.25, -0.2) is 8.42 Å². The third kappa shape index (κ3) is 7.77. The van der Waals surface area contributed by atoms with Crippen LogP contribution >= 0.6 is 35.6 Å². The number of benzene rings is 3. The van der Waals surface area contributed by atoms with E-state index in [4.69, 9.17) is 33.7 Å². The normalized spacial score (nSPS) is 14.5. The maximum atomic E-state index is 13.1. The van der Waals surface area contributed by atoms with Gasteiger partial charge in [0, 0.05) is 10.6 Å². The van der Waals surface area contributed by atoms with E-state index in [2.05, 4.69) is 15.4 Å². The Morgan fingerprint density at radius 2 is 1.64 bits per heavy atom. The average Bonchev–Trinajstić information content (AvgIpc) is 2.90. The summed E-state index contributed by atoms with van der Waals surface area (Å²) in [5.74, 6) is -0.646. The van der Waals surface area contributed by atoms with E-state index < -0.39 is 27.9 Å². The van der Waals surface area contributed by atoms with Crippen molar-refractivity contribution in [2.75, 3.05) is 17.8 Å². The number of para-hydroxylation sites is 2. The van der Waals surface area contributed by atoms with Gasteiger partial charge in [0.05, 0.1) is 15.6 Å². The van der Waals surface area contributed by atoms with Gasteiger partial charge in [0.15, 0.2) is 5.75 Å². The summed E-state index contributed by atoms with van der Waals surface area (Å²) in [5.41, 5.74) is 5.92. The number of anilines is 1. The molecule has 208 valence electrons. The van der Waals surface area contributed by atoms with Crippen molar-refractivity contribution in [3.63, 3.8) is 0 Å². The topological polar surface area (TPSA) is 140 Å². The summed E-state index contributed by atoms with van der Waals surface area (Å²) in [7, 11) is -4.04. The monoisotopic (exact) mass is 612 g/mol. The molecule has 2 amide bonds. The minimum atomic E-state index is -4.04. The molecule has 1 saturated heterocycles. The van der Waals surface area contributed by atoms with E-state index in [0.29, 0.717) is 23.6 Å². The molecule has 1 aliphatic rings. The lowest BCUT2D eigenvalue weighted by Crippen LogP contribution is -2.51. The largest absolute Gasteiger partial charge is 0.454 e. The minimum Gasteiger partial charge on any atom is -0.454 e. The number of piperidine rings is 1. The van der Waals surface area contributed by atoms with Crippen molar-refractivity contribution in [1.82, 2.24) is 10.6 Å². The van der Waals surface area contributed by atoms with E-state index in [0.717, 1.165) is 13.1 Å². The molecule has 0 bridgehead atoms. The molecule has 0 aromatic heterocycles. The summed E-state index contributed by atoms with van der Waals surface area (Å²) in [4.78, 5) is 24.7. The van der Waals surface area contributed by atoms with Crippen molar-refractivity contribution in [3.8, 4) is 11.5 Å². The first kappa shape index (κ1) is 30.5. The Labute approximate surface area is 242 Å². The average molecular weight is 614 g/mol. The highest BCUT2D eigenvalue weighted by Crippen LogP contribution is 2.35. The maximum absolute atomic E-state index is 13.1. The van der Waals surface area contributed by atoms with Gasteiger partial charge in [0.1, 0.15) is 11.8 Å². The molecule has 1 aliphatic heterocycles. The van der Waals surface area contributed by atoms with Crippen LogP contribution in [0.25, 0.3) is 0 Å². The number of sulfonamides is 1. The molecule has 39 heavy (non-hydrogen) atoms. The fraction of sp³-hybridized carbons (Fsp3) is 0.231. The summed E-state index contributed by atoms with van der Waals surface area (Å²) in [6, 6.07) is 15.7. The molecule has 0 spiro atoms. The molecule has 0 radical (unpaired) electrons. The van der Waals surface area contributed by atoms with E-state index in [9.17, 15) is 18.0 Å². The third-order valence-corrected chi connectivity index (χ3v) is 8.03. The second-order valence-corrected chi connectivity index (χ2v) is 11.3. The summed E-state index contributed by atoms with van der Waals surface area (Å²) < 4.78 is 34.5. The first-order chi connectivity index (χ1) is 18.1. The SMILES string of the molecule is Cl.NC(=O)C(NC(=O)c1ccc(S(=O)(=O)Nc2ccccc2Oc2ccc(Cl)cc2Cl)cc1)C1CCNCC1. The number of hydrogen-bond acceptors (Lipinski definition) is 6. The van der Waals surface area contributed by atoms with Gasteiger partial charge in [-0.05, 0) is 86.4 Å². The van der Waals surface area contributed by atoms with Crippen molar-refractivity contribution in [1.29, 1.82) is 0 Å². The second-order valence-electron chi connectivity index (χ2n) is 8.74. The number of carbonyl (C=O) groups excluding carboxylic acids is 2. The molecule has 3 aromatic rings. The number of primary amides is 1. The van der Waals surface area contributed by atoms with Gasteiger partial charge in [-0.15, -0.1) is 12.4 Å². The van der Waals surface area contributed by atoms with Crippen LogP contribution in [-0.4, -0.2) is 39.4 Å². The van der Waals surface area contributed by atoms with E-state index in [1.165, 1.54) is 30.3 Å². The van der Waals surface area contributed by atoms with Crippen molar-refractivity contribution < 1.29 is 22.7 Å². The number of rotatable bonds is 9. The highest BCUT2D eigenvalue weighted by Gasteiger charge is 2.29. The van der Waals surface area contributed by atoms with Crippen LogP contribution in [0, 0.1) is 5.92 Å². The molecule has 0 aliphatic carbocycles. The van der Waals surface area contributed by atoms with Crippen molar-refractivity contribution in [2.45, 2.75) is 23.8 Å². The van der Waals surface area contributed by atoms with Gasteiger partial charge in [-0.2, -0.15) is 0 Å². The molecular weight excluding hydrogens is 587 g/mol. The number of nitrogens with one attached hydrogen (secondary N) is 3. The zero-order valence-corrected chi connectivity index (χ0v) is 23.7. The molecule has 1 heterocycles. The maximum Gasteiger partial charge on any atom is 0.262 e. The van der Waals surface area contributed by atoms with Gasteiger partial charge in [-0.3, -0.25) is 14.3 Å². The summed E-state index contributed by atoms with van der Waals surface area (Å²) in [5, 5.41) is 6.60.